The number of benzene rings is 2. The van der Waals surface area contributed by atoms with Gasteiger partial charge in [0, 0.05) is 5.75 Å². The Morgan fingerprint density at radius 3 is 2.55 bits per heavy atom. The van der Waals surface area contributed by atoms with Crippen molar-refractivity contribution in [2.24, 2.45) is 0 Å². The Labute approximate surface area is 134 Å². The number of aromatic nitrogens is 2. The van der Waals surface area contributed by atoms with Gasteiger partial charge in [0.1, 0.15) is 11.6 Å². The second-order valence-corrected chi connectivity index (χ2v) is 6.59. The third kappa shape index (κ3) is 3.80. The molecule has 0 unspecified atom stereocenters. The number of thioether (sulfide) groups is 1. The molecular weight excluding hydrogens is 324 g/mol. The van der Waals surface area contributed by atoms with Crippen LogP contribution in [-0.2, 0) is 5.75 Å². The SMILES string of the molecule is Fc1ccc(CSc2nnc(Nc3ccccc3F)s2)cc1. The minimum Gasteiger partial charge on any atom is -0.328 e. The lowest BCUT2D eigenvalue weighted by molar-refractivity contribution is 0.627. The van der Waals surface area contributed by atoms with E-state index < -0.39 is 0 Å². The summed E-state index contributed by atoms with van der Waals surface area (Å²) in [4.78, 5) is 0. The molecule has 0 atom stereocenters. The van der Waals surface area contributed by atoms with E-state index in [0.29, 0.717) is 16.6 Å². The summed E-state index contributed by atoms with van der Waals surface area (Å²) >= 11 is 2.85. The fourth-order valence-corrected chi connectivity index (χ4v) is 3.44. The Morgan fingerprint density at radius 1 is 1.00 bits per heavy atom. The molecule has 0 fully saturated rings. The molecule has 1 heterocycles. The second kappa shape index (κ2) is 6.85. The first kappa shape index (κ1) is 14.9. The molecule has 22 heavy (non-hydrogen) atoms. The molecule has 7 heteroatoms. The van der Waals surface area contributed by atoms with Gasteiger partial charge in [-0.05, 0) is 29.8 Å². The predicted octanol–water partition coefficient (Wildman–Crippen LogP) is 4.85. The average Bonchev–Trinajstić information content (AvgIpc) is 2.97. The number of nitrogens with zero attached hydrogens (tertiary/aromatic N) is 2. The van der Waals surface area contributed by atoms with Crippen LogP contribution in [0.15, 0.2) is 52.9 Å². The molecule has 0 bridgehead atoms. The minimum atomic E-state index is -0.335. The molecule has 0 amide bonds. The van der Waals surface area contributed by atoms with Crippen molar-refractivity contribution in [1.82, 2.24) is 10.2 Å². The highest BCUT2D eigenvalue weighted by molar-refractivity contribution is 8.00. The molecule has 112 valence electrons. The van der Waals surface area contributed by atoms with Crippen molar-refractivity contribution in [2.45, 2.75) is 10.1 Å². The molecule has 1 N–H and O–H groups in total. The monoisotopic (exact) mass is 335 g/mol. The van der Waals surface area contributed by atoms with Gasteiger partial charge in [0.05, 0.1) is 5.69 Å². The van der Waals surface area contributed by atoms with Gasteiger partial charge in [-0.3, -0.25) is 0 Å². The number of rotatable bonds is 5. The number of hydrogen-bond acceptors (Lipinski definition) is 5. The zero-order valence-electron chi connectivity index (χ0n) is 11.3. The minimum absolute atomic E-state index is 0.249. The standard InChI is InChI=1S/C15H11F2N3S2/c16-11-7-5-10(6-8-11)9-21-15-20-19-14(22-15)18-13-4-2-1-3-12(13)17/h1-8H,9H2,(H,18,19). The number of halogens is 2. The van der Waals surface area contributed by atoms with E-state index in [-0.39, 0.29) is 11.6 Å². The summed E-state index contributed by atoms with van der Waals surface area (Å²) in [7, 11) is 0. The average molecular weight is 335 g/mol. The Kier molecular flexibility index (Phi) is 4.65. The molecule has 0 spiro atoms. The molecule has 0 aliphatic heterocycles. The van der Waals surface area contributed by atoms with Crippen molar-refractivity contribution in [3.8, 4) is 0 Å². The number of para-hydroxylation sites is 1. The number of anilines is 2. The van der Waals surface area contributed by atoms with Crippen LogP contribution in [0, 0.1) is 11.6 Å². The Bertz CT molecular complexity index is 759. The fourth-order valence-electron chi connectivity index (χ4n) is 1.72. The van der Waals surface area contributed by atoms with Crippen LogP contribution in [0.3, 0.4) is 0 Å². The van der Waals surface area contributed by atoms with Gasteiger partial charge in [0.25, 0.3) is 0 Å². The number of nitrogens with one attached hydrogen (secondary N) is 1. The largest absolute Gasteiger partial charge is 0.328 e. The zero-order chi connectivity index (χ0) is 15.4. The molecule has 2 aromatic carbocycles. The molecule has 0 aliphatic carbocycles. The lowest BCUT2D eigenvalue weighted by Crippen LogP contribution is -1.92. The quantitative estimate of drug-likeness (QED) is 0.676. The number of hydrogen-bond donors (Lipinski definition) is 1. The third-order valence-corrected chi connectivity index (χ3v) is 4.84. The second-order valence-electron chi connectivity index (χ2n) is 4.39. The zero-order valence-corrected chi connectivity index (χ0v) is 12.9. The maximum atomic E-state index is 13.5. The van der Waals surface area contributed by atoms with Crippen molar-refractivity contribution in [2.75, 3.05) is 5.32 Å². The summed E-state index contributed by atoms with van der Waals surface area (Å²) in [5.74, 6) is 0.0912. The summed E-state index contributed by atoms with van der Waals surface area (Å²) < 4.78 is 27.1. The van der Waals surface area contributed by atoms with E-state index in [2.05, 4.69) is 15.5 Å². The topological polar surface area (TPSA) is 37.8 Å². The van der Waals surface area contributed by atoms with E-state index in [1.54, 1.807) is 30.3 Å². The molecule has 0 radical (unpaired) electrons. The fraction of sp³-hybridized carbons (Fsp3) is 0.0667. The normalized spacial score (nSPS) is 10.6. The summed E-state index contributed by atoms with van der Waals surface area (Å²) in [5, 5.41) is 11.5. The van der Waals surface area contributed by atoms with Crippen LogP contribution < -0.4 is 5.32 Å². The molecule has 0 saturated heterocycles. The van der Waals surface area contributed by atoms with E-state index in [0.717, 1.165) is 9.90 Å². The molecule has 0 saturated carbocycles. The highest BCUT2D eigenvalue weighted by Gasteiger charge is 2.07. The Morgan fingerprint density at radius 2 is 1.77 bits per heavy atom. The van der Waals surface area contributed by atoms with Crippen LogP contribution in [0.2, 0.25) is 0 Å². The van der Waals surface area contributed by atoms with Crippen LogP contribution in [-0.4, -0.2) is 10.2 Å². The molecule has 1 aromatic heterocycles. The molecular formula is C15H11F2N3S2. The van der Waals surface area contributed by atoms with Crippen LogP contribution in [0.5, 0.6) is 0 Å². The first-order valence-corrected chi connectivity index (χ1v) is 8.23. The van der Waals surface area contributed by atoms with Crippen molar-refractivity contribution in [1.29, 1.82) is 0 Å². The van der Waals surface area contributed by atoms with E-state index in [1.807, 2.05) is 0 Å². The van der Waals surface area contributed by atoms with Gasteiger partial charge in [-0.1, -0.05) is 47.4 Å². The first-order valence-electron chi connectivity index (χ1n) is 6.43. The van der Waals surface area contributed by atoms with Crippen LogP contribution >= 0.6 is 23.1 Å². The molecule has 0 aliphatic rings. The summed E-state index contributed by atoms with van der Waals surface area (Å²) in [6.45, 7) is 0. The van der Waals surface area contributed by atoms with E-state index in [9.17, 15) is 8.78 Å². The van der Waals surface area contributed by atoms with Gasteiger partial charge in [-0.2, -0.15) is 0 Å². The third-order valence-electron chi connectivity index (χ3n) is 2.80. The first-order chi connectivity index (χ1) is 10.7. The van der Waals surface area contributed by atoms with Crippen molar-refractivity contribution in [3.63, 3.8) is 0 Å². The Balaban J connectivity index is 1.61. The van der Waals surface area contributed by atoms with Gasteiger partial charge in [0.2, 0.25) is 5.13 Å². The summed E-state index contributed by atoms with van der Waals surface area (Å²) in [5.41, 5.74) is 1.37. The van der Waals surface area contributed by atoms with Crippen molar-refractivity contribution in [3.05, 3.63) is 65.7 Å². The van der Waals surface area contributed by atoms with Gasteiger partial charge < -0.3 is 5.32 Å². The predicted molar refractivity (Wildman–Crippen MR) is 85.6 cm³/mol. The summed E-state index contributed by atoms with van der Waals surface area (Å²) in [6, 6.07) is 12.7. The lowest BCUT2D eigenvalue weighted by atomic mass is 10.2. The van der Waals surface area contributed by atoms with Crippen molar-refractivity contribution < 1.29 is 8.78 Å². The van der Waals surface area contributed by atoms with Crippen molar-refractivity contribution >= 4 is 33.9 Å². The Hall–Kier alpha value is -1.99. The summed E-state index contributed by atoms with van der Waals surface area (Å²) in [6.07, 6.45) is 0. The van der Waals surface area contributed by atoms with Crippen LogP contribution in [0.1, 0.15) is 5.56 Å². The van der Waals surface area contributed by atoms with Gasteiger partial charge >= 0.3 is 0 Å². The maximum Gasteiger partial charge on any atom is 0.210 e. The van der Waals surface area contributed by atoms with Gasteiger partial charge in [0.15, 0.2) is 4.34 Å². The highest BCUT2D eigenvalue weighted by Crippen LogP contribution is 2.30. The smallest absolute Gasteiger partial charge is 0.210 e. The van der Waals surface area contributed by atoms with Gasteiger partial charge in [-0.15, -0.1) is 10.2 Å². The lowest BCUT2D eigenvalue weighted by Gasteiger charge is -2.01. The molecule has 3 rings (SSSR count). The van der Waals surface area contributed by atoms with Crippen LogP contribution in [0.25, 0.3) is 0 Å². The van der Waals surface area contributed by atoms with E-state index >= 15 is 0 Å². The van der Waals surface area contributed by atoms with E-state index in [1.165, 1.54) is 41.3 Å². The van der Waals surface area contributed by atoms with E-state index in [4.69, 9.17) is 0 Å². The maximum absolute atomic E-state index is 13.5. The van der Waals surface area contributed by atoms with Gasteiger partial charge in [-0.25, -0.2) is 8.78 Å². The van der Waals surface area contributed by atoms with Crippen LogP contribution in [0.4, 0.5) is 19.6 Å². The highest BCUT2D eigenvalue weighted by atomic mass is 32.2. The molecule has 3 nitrogen and oxygen atoms in total. The molecule has 3 aromatic rings.